The Bertz CT molecular complexity index is 155. The van der Waals surface area contributed by atoms with E-state index in [1.54, 1.807) is 0 Å². The second-order valence-electron chi connectivity index (χ2n) is 4.25. The summed E-state index contributed by atoms with van der Waals surface area (Å²) in [5.74, 6) is -0.0559. The fourth-order valence-electron chi connectivity index (χ4n) is 1.02. The van der Waals surface area contributed by atoms with Crippen LogP contribution >= 0.6 is 17.0 Å². The van der Waals surface area contributed by atoms with Crippen molar-refractivity contribution >= 4 is 23.0 Å². The Morgan fingerprint density at radius 1 is 1.21 bits per heavy atom. The van der Waals surface area contributed by atoms with Crippen LogP contribution < -0.4 is 0 Å². The van der Waals surface area contributed by atoms with Gasteiger partial charge in [0.05, 0.1) is 0 Å². The first kappa shape index (κ1) is 17.0. The molecule has 0 atom stereocenters. The van der Waals surface area contributed by atoms with Crippen LogP contribution in [0.2, 0.25) is 5.02 Å². The normalized spacial score (nSPS) is 10.6. The van der Waals surface area contributed by atoms with E-state index in [1.807, 2.05) is 20.8 Å². The quantitative estimate of drug-likeness (QED) is 0.441. The van der Waals surface area contributed by atoms with Gasteiger partial charge in [-0.1, -0.05) is 0 Å². The van der Waals surface area contributed by atoms with Gasteiger partial charge in [0.15, 0.2) is 0 Å². The van der Waals surface area contributed by atoms with Crippen LogP contribution in [0.4, 0.5) is 0 Å². The summed E-state index contributed by atoms with van der Waals surface area (Å²) in [7, 11) is 0. The van der Waals surface area contributed by atoms with Crippen LogP contribution in [0, 0.1) is 0 Å². The predicted octanol–water partition coefficient (Wildman–Crippen LogP) is 3.43. The zero-order chi connectivity index (χ0) is 10.3. The van der Waals surface area contributed by atoms with Crippen molar-refractivity contribution in [3.8, 4) is 0 Å². The van der Waals surface area contributed by atoms with Gasteiger partial charge in [-0.3, -0.25) is 0 Å². The fraction of sp³-hybridized carbons (Fsp3) is 0.900. The van der Waals surface area contributed by atoms with Gasteiger partial charge in [-0.05, 0) is 0 Å². The van der Waals surface area contributed by atoms with Crippen molar-refractivity contribution in [3.05, 3.63) is 0 Å². The second kappa shape index (κ2) is 8.85. The Kier molecular flexibility index (Phi) is 10.7. The number of rotatable bonds is 5. The van der Waals surface area contributed by atoms with Gasteiger partial charge in [0.1, 0.15) is 0 Å². The predicted molar refractivity (Wildman–Crippen MR) is 59.4 cm³/mol. The second-order valence-corrected chi connectivity index (χ2v) is 5.73. The van der Waals surface area contributed by atoms with Crippen LogP contribution in [0.3, 0.4) is 0 Å². The third-order valence-corrected chi connectivity index (χ3v) is 2.60. The minimum atomic E-state index is -0.325. The van der Waals surface area contributed by atoms with Gasteiger partial charge in [0.25, 0.3) is 0 Å². The van der Waals surface area contributed by atoms with Crippen LogP contribution in [-0.2, 0) is 27.8 Å². The summed E-state index contributed by atoms with van der Waals surface area (Å²) < 4.78 is 5.19. The molecule has 0 aliphatic rings. The van der Waals surface area contributed by atoms with Crippen molar-refractivity contribution in [1.29, 1.82) is 0 Å². The third kappa shape index (κ3) is 12.6. The van der Waals surface area contributed by atoms with Crippen LogP contribution in [-0.4, -0.2) is 11.6 Å². The van der Waals surface area contributed by atoms with E-state index in [9.17, 15) is 4.79 Å². The number of unbranched alkanes of at least 4 members (excludes halogenated alkanes) is 2. The first-order valence-corrected chi connectivity index (χ1v) is 7.06. The van der Waals surface area contributed by atoms with E-state index in [4.69, 9.17) is 4.74 Å². The monoisotopic (exact) mass is 315 g/mol. The molecule has 0 aromatic carbocycles. The average molecular weight is 318 g/mol. The third-order valence-electron chi connectivity index (χ3n) is 1.55. The Balaban J connectivity index is 0. The van der Waals surface area contributed by atoms with E-state index in [2.05, 4.69) is 0 Å². The molecule has 0 radical (unpaired) electrons. The maximum absolute atomic E-state index is 11.2. The zero-order valence-electron chi connectivity index (χ0n) is 9.47. The molecule has 0 unspecified atom stereocenters. The van der Waals surface area contributed by atoms with Gasteiger partial charge in [-0.25, -0.2) is 0 Å². The van der Waals surface area contributed by atoms with Gasteiger partial charge in [0, 0.05) is 0 Å². The summed E-state index contributed by atoms with van der Waals surface area (Å²) in [6.45, 7) is 5.71. The summed E-state index contributed by atoms with van der Waals surface area (Å²) in [6, 6.07) is 0. The van der Waals surface area contributed by atoms with Crippen molar-refractivity contribution in [2.75, 3.05) is 0 Å². The number of carbonyl (C=O) groups is 1. The van der Waals surface area contributed by atoms with Gasteiger partial charge in [0.2, 0.25) is 0 Å². The number of halogens is 1. The summed E-state index contributed by atoms with van der Waals surface area (Å²) in [4.78, 5) is 11.2. The first-order chi connectivity index (χ1) is 5.95. The van der Waals surface area contributed by atoms with Crippen LogP contribution in [0.25, 0.3) is 0 Å². The zero-order valence-corrected chi connectivity index (χ0v) is 14.1. The van der Waals surface area contributed by atoms with Crippen LogP contribution in [0.15, 0.2) is 0 Å². The molecule has 0 fully saturated rings. The minimum absolute atomic E-state index is 0. The molecule has 0 saturated carbocycles. The van der Waals surface area contributed by atoms with E-state index in [0.29, 0.717) is 6.42 Å². The van der Waals surface area contributed by atoms with Crippen LogP contribution in [0.1, 0.15) is 46.5 Å². The number of hydrogen-bond donors (Lipinski definition) is 0. The molecular weight excluding hydrogens is 297 g/mol. The summed E-state index contributed by atoms with van der Waals surface area (Å²) >= 11 is 1.37. The molecule has 0 heterocycles. The molecule has 0 spiro atoms. The molecule has 4 heteroatoms. The fourth-order valence-corrected chi connectivity index (χ4v) is 1.76. The van der Waals surface area contributed by atoms with E-state index in [-0.39, 0.29) is 28.6 Å². The van der Waals surface area contributed by atoms with Crippen LogP contribution in [0.5, 0.6) is 0 Å². The van der Waals surface area contributed by atoms with Crippen molar-refractivity contribution in [2.24, 2.45) is 0 Å². The molecule has 0 N–H and O–H groups in total. The summed E-state index contributed by atoms with van der Waals surface area (Å²) in [5, 5.41) is 1.33. The Hall–Kier alpha value is 0.573. The van der Waals surface area contributed by atoms with Gasteiger partial charge >= 0.3 is 90.9 Å². The molecule has 0 amide bonds. The van der Waals surface area contributed by atoms with Gasteiger partial charge < -0.3 is 0 Å². The number of hydrogen-bond acceptors (Lipinski definition) is 2. The average Bonchev–Trinajstić information content (AvgIpc) is 1.94. The van der Waals surface area contributed by atoms with E-state index in [0.717, 1.165) is 6.42 Å². The topological polar surface area (TPSA) is 26.3 Å². The molecule has 0 saturated heterocycles. The van der Waals surface area contributed by atoms with E-state index >= 15 is 0 Å². The van der Waals surface area contributed by atoms with Gasteiger partial charge in [-0.15, -0.1) is 17.0 Å². The molecular formula is C10H20BrO2Zn. The molecule has 0 rings (SSSR count). The standard InChI is InChI=1S/C10H19O2.BrH.Zn/c1-5-6-7-8-9(11)12-10(2,3)4;;/h1,5-8H2,2-4H3;1H;. The Labute approximate surface area is 108 Å². The summed E-state index contributed by atoms with van der Waals surface area (Å²) in [5.41, 5.74) is -0.325. The molecule has 2 nitrogen and oxygen atoms in total. The first-order valence-electron chi connectivity index (χ1n) is 4.97. The molecule has 81 valence electrons. The molecule has 0 aliphatic heterocycles. The van der Waals surface area contributed by atoms with Gasteiger partial charge in [-0.2, -0.15) is 0 Å². The van der Waals surface area contributed by atoms with Crippen molar-refractivity contribution in [3.63, 3.8) is 0 Å². The van der Waals surface area contributed by atoms with Crippen molar-refractivity contribution < 1.29 is 27.8 Å². The van der Waals surface area contributed by atoms with E-state index in [1.165, 1.54) is 36.2 Å². The van der Waals surface area contributed by atoms with E-state index < -0.39 is 0 Å². The molecule has 0 aliphatic carbocycles. The molecule has 0 aromatic heterocycles. The van der Waals surface area contributed by atoms with Crippen molar-refractivity contribution in [1.82, 2.24) is 0 Å². The van der Waals surface area contributed by atoms with Crippen molar-refractivity contribution in [2.45, 2.75) is 57.1 Å². The maximum atomic E-state index is 11.2. The number of ether oxygens (including phenoxy) is 1. The number of esters is 1. The Morgan fingerprint density at radius 2 is 1.79 bits per heavy atom. The Morgan fingerprint density at radius 3 is 2.21 bits per heavy atom. The SMILES string of the molecule is Br.CC(C)(C)OC(=O)CCCC[CH2][Zn]. The molecule has 0 aromatic rings. The number of carbonyl (C=O) groups excluding carboxylic acids is 1. The summed E-state index contributed by atoms with van der Waals surface area (Å²) in [6.07, 6.45) is 3.99. The molecule has 14 heavy (non-hydrogen) atoms. The molecule has 0 bridgehead atoms.